The highest BCUT2D eigenvalue weighted by atomic mass is 79.9. The molecule has 0 saturated heterocycles. The Kier molecular flexibility index (Phi) is 4.11. The quantitative estimate of drug-likeness (QED) is 0.697. The van der Waals surface area contributed by atoms with Crippen LogP contribution < -0.4 is 9.47 Å². The highest BCUT2D eigenvalue weighted by molar-refractivity contribution is 9.10. The van der Waals surface area contributed by atoms with Crippen LogP contribution >= 0.6 is 39.1 Å². The molecular formula is C15H9BrCl2O3. The zero-order valence-corrected chi connectivity index (χ0v) is 13.8. The van der Waals surface area contributed by atoms with Crippen molar-refractivity contribution in [3.8, 4) is 11.5 Å². The summed E-state index contributed by atoms with van der Waals surface area (Å²) >= 11 is 15.6. The van der Waals surface area contributed by atoms with Crippen LogP contribution in [0.25, 0.3) is 0 Å². The first-order chi connectivity index (χ1) is 10.1. The maximum absolute atomic E-state index is 12.7. The SMILES string of the molecule is O=C(c1cc2c(cc1Br)OCCO2)c1c(Cl)cccc1Cl. The van der Waals surface area contributed by atoms with Gasteiger partial charge in [0.25, 0.3) is 0 Å². The summed E-state index contributed by atoms with van der Waals surface area (Å²) in [5, 5.41) is 0.628. The predicted octanol–water partition coefficient (Wildman–Crippen LogP) is 4.76. The van der Waals surface area contributed by atoms with Gasteiger partial charge in [-0.2, -0.15) is 0 Å². The van der Waals surface area contributed by atoms with Crippen molar-refractivity contribution in [2.75, 3.05) is 13.2 Å². The molecule has 1 heterocycles. The van der Waals surface area contributed by atoms with Crippen molar-refractivity contribution >= 4 is 44.9 Å². The molecular weight excluding hydrogens is 379 g/mol. The summed E-state index contributed by atoms with van der Waals surface area (Å²) in [4.78, 5) is 12.7. The average Bonchev–Trinajstić information content (AvgIpc) is 2.46. The van der Waals surface area contributed by atoms with E-state index in [4.69, 9.17) is 32.7 Å². The number of carbonyl (C=O) groups is 1. The molecule has 1 aliphatic rings. The van der Waals surface area contributed by atoms with Gasteiger partial charge in [0.1, 0.15) is 13.2 Å². The van der Waals surface area contributed by atoms with Crippen LogP contribution in [0, 0.1) is 0 Å². The van der Waals surface area contributed by atoms with E-state index in [2.05, 4.69) is 15.9 Å². The van der Waals surface area contributed by atoms with Gasteiger partial charge >= 0.3 is 0 Å². The molecule has 0 N–H and O–H groups in total. The van der Waals surface area contributed by atoms with E-state index >= 15 is 0 Å². The summed E-state index contributed by atoms with van der Waals surface area (Å²) in [5.74, 6) is 0.875. The van der Waals surface area contributed by atoms with Crippen LogP contribution in [-0.2, 0) is 0 Å². The fraction of sp³-hybridized carbons (Fsp3) is 0.133. The number of rotatable bonds is 2. The number of hydrogen-bond acceptors (Lipinski definition) is 3. The predicted molar refractivity (Wildman–Crippen MR) is 85.0 cm³/mol. The van der Waals surface area contributed by atoms with Gasteiger partial charge < -0.3 is 9.47 Å². The van der Waals surface area contributed by atoms with Gasteiger partial charge in [0, 0.05) is 10.0 Å². The van der Waals surface area contributed by atoms with E-state index in [1.54, 1.807) is 30.3 Å². The molecule has 2 aromatic rings. The molecule has 2 aromatic carbocycles. The van der Waals surface area contributed by atoms with Crippen molar-refractivity contribution in [3.05, 3.63) is 56.0 Å². The fourth-order valence-electron chi connectivity index (χ4n) is 2.09. The third-order valence-electron chi connectivity index (χ3n) is 3.07. The Morgan fingerprint density at radius 1 is 1.05 bits per heavy atom. The topological polar surface area (TPSA) is 35.5 Å². The molecule has 0 amide bonds. The van der Waals surface area contributed by atoms with E-state index in [0.29, 0.717) is 44.8 Å². The van der Waals surface area contributed by atoms with Crippen LogP contribution in [0.4, 0.5) is 0 Å². The molecule has 0 bridgehead atoms. The third kappa shape index (κ3) is 2.76. The van der Waals surface area contributed by atoms with Gasteiger partial charge in [-0.05, 0) is 40.2 Å². The fourth-order valence-corrected chi connectivity index (χ4v) is 3.16. The monoisotopic (exact) mass is 386 g/mol. The number of fused-ring (bicyclic) bond motifs is 1. The Morgan fingerprint density at radius 3 is 2.24 bits per heavy atom. The molecule has 0 saturated carbocycles. The number of benzene rings is 2. The van der Waals surface area contributed by atoms with Gasteiger partial charge in [-0.15, -0.1) is 0 Å². The smallest absolute Gasteiger partial charge is 0.197 e. The maximum atomic E-state index is 12.7. The molecule has 3 rings (SSSR count). The van der Waals surface area contributed by atoms with Crippen LogP contribution in [0.2, 0.25) is 10.0 Å². The van der Waals surface area contributed by atoms with Gasteiger partial charge in [0.15, 0.2) is 17.3 Å². The highest BCUT2D eigenvalue weighted by Gasteiger charge is 2.22. The van der Waals surface area contributed by atoms with Crippen molar-refractivity contribution < 1.29 is 14.3 Å². The molecule has 0 unspecified atom stereocenters. The van der Waals surface area contributed by atoms with Gasteiger partial charge in [0.05, 0.1) is 15.6 Å². The van der Waals surface area contributed by atoms with E-state index in [1.165, 1.54) is 0 Å². The molecule has 3 nitrogen and oxygen atoms in total. The second kappa shape index (κ2) is 5.87. The zero-order chi connectivity index (χ0) is 15.0. The first kappa shape index (κ1) is 14.7. The molecule has 0 fully saturated rings. The Balaban J connectivity index is 2.10. The van der Waals surface area contributed by atoms with Crippen molar-refractivity contribution in [1.29, 1.82) is 0 Å². The van der Waals surface area contributed by atoms with E-state index < -0.39 is 0 Å². The Bertz CT molecular complexity index is 711. The second-order valence-corrected chi connectivity index (χ2v) is 6.07. The second-order valence-electron chi connectivity index (χ2n) is 4.40. The van der Waals surface area contributed by atoms with Crippen LogP contribution in [0.5, 0.6) is 11.5 Å². The molecule has 1 aliphatic heterocycles. The third-order valence-corrected chi connectivity index (χ3v) is 4.35. The Morgan fingerprint density at radius 2 is 1.62 bits per heavy atom. The first-order valence-electron chi connectivity index (χ1n) is 6.16. The van der Waals surface area contributed by atoms with Crippen molar-refractivity contribution in [2.24, 2.45) is 0 Å². The molecule has 108 valence electrons. The lowest BCUT2D eigenvalue weighted by Crippen LogP contribution is -2.16. The lowest BCUT2D eigenvalue weighted by Gasteiger charge is -2.19. The van der Waals surface area contributed by atoms with Crippen molar-refractivity contribution in [2.45, 2.75) is 0 Å². The highest BCUT2D eigenvalue weighted by Crippen LogP contribution is 2.37. The normalized spacial score (nSPS) is 13.1. The average molecular weight is 388 g/mol. The largest absolute Gasteiger partial charge is 0.486 e. The van der Waals surface area contributed by atoms with Crippen LogP contribution in [0.1, 0.15) is 15.9 Å². The molecule has 21 heavy (non-hydrogen) atoms. The van der Waals surface area contributed by atoms with E-state index in [9.17, 15) is 4.79 Å². The standard InChI is InChI=1S/C15H9BrCl2O3/c16-9-7-13-12(20-4-5-21-13)6-8(9)15(19)14-10(17)2-1-3-11(14)18/h1-3,6-7H,4-5H2. The van der Waals surface area contributed by atoms with Crippen LogP contribution in [0.3, 0.4) is 0 Å². The van der Waals surface area contributed by atoms with Gasteiger partial charge in [-0.25, -0.2) is 0 Å². The van der Waals surface area contributed by atoms with Gasteiger partial charge in [0.2, 0.25) is 0 Å². The zero-order valence-electron chi connectivity index (χ0n) is 10.7. The number of ketones is 1. The summed E-state index contributed by atoms with van der Waals surface area (Å²) in [6, 6.07) is 8.31. The van der Waals surface area contributed by atoms with Gasteiger partial charge in [-0.3, -0.25) is 4.79 Å². The summed E-state index contributed by atoms with van der Waals surface area (Å²) in [6.07, 6.45) is 0. The molecule has 0 aromatic heterocycles. The van der Waals surface area contributed by atoms with Gasteiger partial charge in [-0.1, -0.05) is 29.3 Å². The van der Waals surface area contributed by atoms with Crippen molar-refractivity contribution in [1.82, 2.24) is 0 Å². The van der Waals surface area contributed by atoms with Crippen LogP contribution in [-0.4, -0.2) is 19.0 Å². The molecule has 0 spiro atoms. The number of ether oxygens (including phenoxy) is 2. The summed E-state index contributed by atoms with van der Waals surface area (Å²) < 4.78 is 11.6. The van der Waals surface area contributed by atoms with Crippen LogP contribution in [0.15, 0.2) is 34.8 Å². The Labute approximate surface area is 139 Å². The summed E-state index contributed by atoms with van der Waals surface area (Å²) in [7, 11) is 0. The maximum Gasteiger partial charge on any atom is 0.197 e. The molecule has 0 atom stereocenters. The number of hydrogen-bond donors (Lipinski definition) is 0. The number of carbonyl (C=O) groups excluding carboxylic acids is 1. The lowest BCUT2D eigenvalue weighted by molar-refractivity contribution is 0.103. The first-order valence-corrected chi connectivity index (χ1v) is 7.70. The minimum absolute atomic E-state index is 0.269. The minimum atomic E-state index is -0.269. The molecule has 6 heteroatoms. The molecule has 0 radical (unpaired) electrons. The summed E-state index contributed by atoms with van der Waals surface area (Å²) in [5.41, 5.74) is 0.701. The van der Waals surface area contributed by atoms with E-state index in [0.717, 1.165) is 0 Å². The number of halogens is 3. The van der Waals surface area contributed by atoms with E-state index in [1.807, 2.05) is 0 Å². The van der Waals surface area contributed by atoms with E-state index in [-0.39, 0.29) is 11.3 Å². The molecule has 0 aliphatic carbocycles. The minimum Gasteiger partial charge on any atom is -0.486 e. The van der Waals surface area contributed by atoms with Crippen molar-refractivity contribution in [3.63, 3.8) is 0 Å². The Hall–Kier alpha value is -1.23. The lowest BCUT2D eigenvalue weighted by atomic mass is 10.0. The summed E-state index contributed by atoms with van der Waals surface area (Å²) in [6.45, 7) is 0.943.